The number of amides is 2. The van der Waals surface area contributed by atoms with Crippen LogP contribution in [0.1, 0.15) is 26.3 Å². The van der Waals surface area contributed by atoms with E-state index in [1.165, 1.54) is 4.90 Å². The molecule has 7 aromatic carbocycles. The van der Waals surface area contributed by atoms with Crippen LogP contribution in [0, 0.1) is 11.3 Å². The number of nitrogens with zero attached hydrogens (tertiary/aromatic N) is 4. The zero-order valence-electron chi connectivity index (χ0n) is 27.1. The van der Waals surface area contributed by atoms with Gasteiger partial charge in [0.1, 0.15) is 0 Å². The van der Waals surface area contributed by atoms with E-state index in [4.69, 9.17) is 0 Å². The standard InChI is InChI=1S/C45H26N4O2/c46-27-28-18-23-40(43(24-28)49-44(50)34-14-4-5-15-35(34)45(49)51)48-39-17-9-7-13-33(39)37-25-36-32-12-6-8-16-38(32)47(41(36)26-42(37)48)31-21-19-30(20-22-31)29-10-2-1-3-11-29/h1-26H. The lowest BCUT2D eigenvalue weighted by Crippen LogP contribution is -2.30. The molecule has 9 aromatic rings. The van der Waals surface area contributed by atoms with Crippen LogP contribution in [-0.2, 0) is 0 Å². The molecule has 0 bridgehead atoms. The number of imide groups is 1. The molecule has 0 saturated carbocycles. The van der Waals surface area contributed by atoms with E-state index in [9.17, 15) is 14.9 Å². The normalized spacial score (nSPS) is 12.7. The number of benzene rings is 7. The first-order chi connectivity index (χ1) is 25.1. The molecule has 6 nitrogen and oxygen atoms in total. The first-order valence-electron chi connectivity index (χ1n) is 16.8. The highest BCUT2D eigenvalue weighted by Crippen LogP contribution is 2.42. The van der Waals surface area contributed by atoms with Crippen LogP contribution in [0.3, 0.4) is 0 Å². The van der Waals surface area contributed by atoms with E-state index in [1.54, 1.807) is 36.4 Å². The predicted molar refractivity (Wildman–Crippen MR) is 203 cm³/mol. The number of hydrogen-bond acceptors (Lipinski definition) is 3. The van der Waals surface area contributed by atoms with Gasteiger partial charge in [0, 0.05) is 27.2 Å². The van der Waals surface area contributed by atoms with Crippen molar-refractivity contribution in [1.29, 1.82) is 5.26 Å². The van der Waals surface area contributed by atoms with Crippen LogP contribution >= 0.6 is 0 Å². The highest BCUT2D eigenvalue weighted by Gasteiger charge is 2.38. The van der Waals surface area contributed by atoms with Gasteiger partial charge in [0.25, 0.3) is 11.8 Å². The molecule has 0 N–H and O–H groups in total. The lowest BCUT2D eigenvalue weighted by atomic mass is 10.1. The number of nitriles is 1. The van der Waals surface area contributed by atoms with Gasteiger partial charge in [0.05, 0.1) is 56.2 Å². The van der Waals surface area contributed by atoms with Crippen molar-refractivity contribution < 1.29 is 9.59 Å². The number of aromatic nitrogens is 2. The van der Waals surface area contributed by atoms with Crippen molar-refractivity contribution in [2.75, 3.05) is 4.90 Å². The second-order valence-electron chi connectivity index (χ2n) is 12.8. The van der Waals surface area contributed by atoms with Crippen LogP contribution in [0.4, 0.5) is 5.69 Å². The van der Waals surface area contributed by atoms with Crippen LogP contribution in [0.2, 0.25) is 0 Å². The highest BCUT2D eigenvalue weighted by atomic mass is 16.2. The van der Waals surface area contributed by atoms with Crippen LogP contribution in [0.5, 0.6) is 0 Å². The number of para-hydroxylation sites is 2. The van der Waals surface area contributed by atoms with Gasteiger partial charge in [-0.25, -0.2) is 4.90 Å². The van der Waals surface area contributed by atoms with Gasteiger partial charge in [0.15, 0.2) is 0 Å². The van der Waals surface area contributed by atoms with Gasteiger partial charge >= 0.3 is 0 Å². The van der Waals surface area contributed by atoms with E-state index in [-0.39, 0.29) is 0 Å². The number of rotatable bonds is 4. The Morgan fingerprint density at radius 1 is 0.431 bits per heavy atom. The Morgan fingerprint density at radius 3 is 1.63 bits per heavy atom. The van der Waals surface area contributed by atoms with E-state index >= 15 is 0 Å². The summed E-state index contributed by atoms with van der Waals surface area (Å²) in [6.07, 6.45) is 0. The molecular formula is C45H26N4O2. The minimum Gasteiger partial charge on any atom is -0.309 e. The molecule has 0 radical (unpaired) electrons. The maximum absolute atomic E-state index is 13.9. The van der Waals surface area contributed by atoms with Crippen LogP contribution < -0.4 is 4.90 Å². The zero-order valence-corrected chi connectivity index (χ0v) is 27.1. The Kier molecular flexibility index (Phi) is 6.14. The Bertz CT molecular complexity index is 2930. The van der Waals surface area contributed by atoms with Gasteiger partial charge in [-0.1, -0.05) is 91.0 Å². The molecular weight excluding hydrogens is 629 g/mol. The van der Waals surface area contributed by atoms with Gasteiger partial charge in [-0.05, 0) is 77.9 Å². The predicted octanol–water partition coefficient (Wildman–Crippen LogP) is 10.2. The Balaban J connectivity index is 1.26. The van der Waals surface area contributed by atoms with Gasteiger partial charge in [-0.15, -0.1) is 0 Å². The zero-order chi connectivity index (χ0) is 34.2. The quantitative estimate of drug-likeness (QED) is 0.177. The Labute approximate surface area is 292 Å². The summed E-state index contributed by atoms with van der Waals surface area (Å²) < 4.78 is 4.41. The van der Waals surface area contributed by atoms with Crippen molar-refractivity contribution in [3.05, 3.63) is 174 Å². The number of carbonyl (C=O) groups is 2. The third kappa shape index (κ3) is 4.16. The fraction of sp³-hybridized carbons (Fsp3) is 0. The number of hydrogen-bond donors (Lipinski definition) is 0. The average molecular weight is 655 g/mol. The summed E-state index contributed by atoms with van der Waals surface area (Å²) in [6, 6.07) is 54.4. The molecule has 0 unspecified atom stereocenters. The molecule has 1 aliphatic rings. The maximum atomic E-state index is 13.9. The molecule has 10 rings (SSSR count). The smallest absolute Gasteiger partial charge is 0.266 e. The van der Waals surface area contributed by atoms with Crippen molar-refractivity contribution in [1.82, 2.24) is 9.13 Å². The molecule has 6 heteroatoms. The fourth-order valence-electron chi connectivity index (χ4n) is 7.77. The number of carbonyl (C=O) groups excluding carboxylic acids is 2. The summed E-state index contributed by atoms with van der Waals surface area (Å²) in [7, 11) is 0. The highest BCUT2D eigenvalue weighted by molar-refractivity contribution is 6.35. The summed E-state index contributed by atoms with van der Waals surface area (Å²) in [4.78, 5) is 28.9. The van der Waals surface area contributed by atoms with Crippen molar-refractivity contribution >= 4 is 61.1 Å². The third-order valence-corrected chi connectivity index (χ3v) is 10.1. The van der Waals surface area contributed by atoms with Crippen molar-refractivity contribution in [2.24, 2.45) is 0 Å². The van der Waals surface area contributed by atoms with Gasteiger partial charge in [0.2, 0.25) is 0 Å². The van der Waals surface area contributed by atoms with Gasteiger partial charge in [-0.3, -0.25) is 9.59 Å². The SMILES string of the molecule is N#Cc1ccc(-n2c3ccccc3c3cc4c5ccccc5n(-c5ccc(-c6ccccc6)cc5)c4cc32)c(N2C(=O)c3ccccc3C2=O)c1. The first kappa shape index (κ1) is 28.8. The monoisotopic (exact) mass is 654 g/mol. The second kappa shape index (κ2) is 10.9. The summed E-state index contributed by atoms with van der Waals surface area (Å²) in [5, 5.41) is 14.3. The average Bonchev–Trinajstić information content (AvgIpc) is 3.78. The lowest BCUT2D eigenvalue weighted by molar-refractivity contribution is 0.0926. The summed E-state index contributed by atoms with van der Waals surface area (Å²) >= 11 is 0. The molecule has 0 saturated heterocycles. The van der Waals surface area contributed by atoms with E-state index in [0.717, 1.165) is 60.4 Å². The Hall–Kier alpha value is -7.23. The van der Waals surface area contributed by atoms with Gasteiger partial charge < -0.3 is 9.13 Å². The first-order valence-corrected chi connectivity index (χ1v) is 16.8. The van der Waals surface area contributed by atoms with Crippen molar-refractivity contribution in [3.8, 4) is 28.6 Å². The molecule has 0 spiro atoms. The summed E-state index contributed by atoms with van der Waals surface area (Å²) in [5.74, 6) is -0.816. The summed E-state index contributed by atoms with van der Waals surface area (Å²) in [6.45, 7) is 0. The van der Waals surface area contributed by atoms with Crippen LogP contribution in [-0.4, -0.2) is 20.9 Å². The largest absolute Gasteiger partial charge is 0.309 e. The molecule has 51 heavy (non-hydrogen) atoms. The van der Waals surface area contributed by atoms with Crippen molar-refractivity contribution in [2.45, 2.75) is 0 Å². The maximum Gasteiger partial charge on any atom is 0.266 e. The van der Waals surface area contributed by atoms with E-state index < -0.39 is 11.8 Å². The van der Waals surface area contributed by atoms with Crippen molar-refractivity contribution in [3.63, 3.8) is 0 Å². The third-order valence-electron chi connectivity index (χ3n) is 10.1. The minimum atomic E-state index is -0.408. The molecule has 2 aromatic heterocycles. The number of anilines is 1. The molecule has 238 valence electrons. The molecule has 3 heterocycles. The van der Waals surface area contributed by atoms with E-state index in [0.29, 0.717) is 28.1 Å². The topological polar surface area (TPSA) is 71.0 Å². The second-order valence-corrected chi connectivity index (χ2v) is 12.8. The molecule has 1 aliphatic heterocycles. The lowest BCUT2D eigenvalue weighted by Gasteiger charge is -2.20. The van der Waals surface area contributed by atoms with Crippen LogP contribution in [0.15, 0.2) is 158 Å². The molecule has 0 atom stereocenters. The Morgan fingerprint density at radius 2 is 0.980 bits per heavy atom. The van der Waals surface area contributed by atoms with Crippen LogP contribution in [0.25, 0.3) is 66.1 Å². The number of fused-ring (bicyclic) bond motifs is 7. The molecule has 2 amide bonds. The fourth-order valence-corrected chi connectivity index (χ4v) is 7.77. The van der Waals surface area contributed by atoms with Gasteiger partial charge in [-0.2, -0.15) is 5.26 Å². The van der Waals surface area contributed by atoms with E-state index in [2.05, 4.69) is 100 Å². The van der Waals surface area contributed by atoms with E-state index in [1.807, 2.05) is 36.4 Å². The minimum absolute atomic E-state index is 0.350. The molecule has 0 aliphatic carbocycles. The molecule has 0 fully saturated rings. The summed E-state index contributed by atoms with van der Waals surface area (Å²) in [5.41, 5.74) is 9.33.